The zero-order chi connectivity index (χ0) is 20.9. The number of esters is 1. The molecule has 1 unspecified atom stereocenters. The first-order valence-electron chi connectivity index (χ1n) is 10.0. The predicted octanol–water partition coefficient (Wildman–Crippen LogP) is 2.96. The topological polar surface area (TPSA) is 94.2 Å². The summed E-state index contributed by atoms with van der Waals surface area (Å²) in [7, 11) is 1.44. The maximum absolute atomic E-state index is 12.6. The van der Waals surface area contributed by atoms with Gasteiger partial charge in [-0.3, -0.25) is 19.7 Å². The van der Waals surface area contributed by atoms with Crippen LogP contribution < -0.4 is 5.73 Å². The van der Waals surface area contributed by atoms with Crippen LogP contribution in [-0.2, 0) is 9.53 Å². The third-order valence-electron chi connectivity index (χ3n) is 5.62. The molecule has 154 valence electrons. The zero-order valence-corrected chi connectivity index (χ0v) is 16.9. The van der Waals surface area contributed by atoms with Crippen LogP contribution in [0.1, 0.15) is 41.6 Å². The number of nitrogen functional groups attached to an aromatic ring is 1. The minimum absolute atomic E-state index is 0.132. The number of carbonyl (C=O) groups is 1. The lowest BCUT2D eigenvalue weighted by molar-refractivity contribution is -0.146. The Morgan fingerprint density at radius 3 is 2.37 bits per heavy atom. The number of methoxy groups -OCH3 is 1. The lowest BCUT2D eigenvalue weighted by atomic mass is 9.83. The van der Waals surface area contributed by atoms with E-state index in [1.165, 1.54) is 7.11 Å². The van der Waals surface area contributed by atoms with E-state index < -0.39 is 0 Å². The van der Waals surface area contributed by atoms with Crippen molar-refractivity contribution in [2.75, 3.05) is 19.4 Å². The molecular weight excluding hydrogens is 378 g/mol. The molecule has 0 spiro atoms. The molecule has 1 saturated heterocycles. The Morgan fingerprint density at radius 1 is 1.10 bits per heavy atom. The number of hydrogen-bond acceptors (Lipinski definition) is 7. The molecule has 2 atom stereocenters. The number of carbonyl (C=O) groups excluding carboxylic acids is 1. The molecule has 0 aliphatic carbocycles. The summed E-state index contributed by atoms with van der Waals surface area (Å²) in [5, 5.41) is 0. The molecule has 7 nitrogen and oxygen atoms in total. The molecule has 3 aromatic rings. The first-order valence-corrected chi connectivity index (χ1v) is 10.0. The van der Waals surface area contributed by atoms with Crippen LogP contribution in [0, 0.1) is 0 Å². The van der Waals surface area contributed by atoms with Gasteiger partial charge >= 0.3 is 5.97 Å². The molecule has 1 fully saturated rings. The van der Waals surface area contributed by atoms with Gasteiger partial charge in [-0.15, -0.1) is 0 Å². The number of pyridine rings is 3. The van der Waals surface area contributed by atoms with Gasteiger partial charge in [0.2, 0.25) is 0 Å². The molecular formula is C23H25N5O2. The average Bonchev–Trinajstić information content (AvgIpc) is 3.27. The van der Waals surface area contributed by atoms with Gasteiger partial charge in [0.25, 0.3) is 0 Å². The van der Waals surface area contributed by atoms with Crippen molar-refractivity contribution in [1.29, 1.82) is 0 Å². The van der Waals surface area contributed by atoms with E-state index in [4.69, 9.17) is 10.5 Å². The predicted molar refractivity (Wildman–Crippen MR) is 113 cm³/mol. The highest BCUT2D eigenvalue weighted by Gasteiger charge is 2.42. The molecule has 30 heavy (non-hydrogen) atoms. The van der Waals surface area contributed by atoms with Crippen LogP contribution in [-0.4, -0.2) is 45.5 Å². The van der Waals surface area contributed by atoms with E-state index in [2.05, 4.69) is 19.9 Å². The number of ether oxygens (including phenoxy) is 1. The first kappa shape index (κ1) is 20.0. The van der Waals surface area contributed by atoms with Gasteiger partial charge in [-0.25, -0.2) is 4.98 Å². The van der Waals surface area contributed by atoms with Gasteiger partial charge in [0.05, 0.1) is 18.8 Å². The van der Waals surface area contributed by atoms with Crippen molar-refractivity contribution in [2.24, 2.45) is 0 Å². The highest BCUT2D eigenvalue weighted by atomic mass is 16.5. The summed E-state index contributed by atoms with van der Waals surface area (Å²) in [4.78, 5) is 28.1. The molecule has 7 heteroatoms. The fourth-order valence-corrected chi connectivity index (χ4v) is 4.35. The number of nitrogens with two attached hydrogens (primary N) is 1. The third-order valence-corrected chi connectivity index (χ3v) is 5.62. The number of anilines is 1. The highest BCUT2D eigenvalue weighted by Crippen LogP contribution is 2.43. The molecule has 1 aliphatic heterocycles. The largest absolute Gasteiger partial charge is 0.468 e. The maximum Gasteiger partial charge on any atom is 0.323 e. The molecule has 4 heterocycles. The Kier molecular flexibility index (Phi) is 5.99. The second kappa shape index (κ2) is 9.00. The molecule has 2 N–H and O–H groups in total. The molecule has 0 aromatic carbocycles. The number of likely N-dealkylation sites (tertiary alicyclic amines) is 1. The average molecular weight is 403 g/mol. The number of nitrogens with zero attached hydrogens (tertiary/aromatic N) is 4. The lowest BCUT2D eigenvalue weighted by Crippen LogP contribution is -2.42. The van der Waals surface area contributed by atoms with Crippen molar-refractivity contribution < 1.29 is 9.53 Å². The molecule has 1 aliphatic rings. The Labute approximate surface area is 175 Å². The van der Waals surface area contributed by atoms with Crippen molar-refractivity contribution in [1.82, 2.24) is 19.9 Å². The Balaban J connectivity index is 1.89. The second-order valence-corrected chi connectivity index (χ2v) is 7.40. The van der Waals surface area contributed by atoms with E-state index in [0.29, 0.717) is 5.82 Å². The van der Waals surface area contributed by atoms with Crippen molar-refractivity contribution >= 4 is 11.8 Å². The molecule has 0 amide bonds. The first-order chi connectivity index (χ1) is 14.7. The minimum atomic E-state index is -0.334. The van der Waals surface area contributed by atoms with E-state index in [9.17, 15) is 4.79 Å². The summed E-state index contributed by atoms with van der Waals surface area (Å²) in [6, 6.07) is 13.0. The number of rotatable bonds is 6. The van der Waals surface area contributed by atoms with Gasteiger partial charge in [-0.05, 0) is 54.8 Å². The molecule has 0 bridgehead atoms. The summed E-state index contributed by atoms with van der Waals surface area (Å²) >= 11 is 0. The number of hydrogen-bond donors (Lipinski definition) is 1. The van der Waals surface area contributed by atoms with E-state index in [-0.39, 0.29) is 24.0 Å². The van der Waals surface area contributed by atoms with Gasteiger partial charge in [0.15, 0.2) is 0 Å². The zero-order valence-electron chi connectivity index (χ0n) is 16.9. The smallest absolute Gasteiger partial charge is 0.323 e. The summed E-state index contributed by atoms with van der Waals surface area (Å²) in [5.41, 5.74) is 8.90. The van der Waals surface area contributed by atoms with Crippen LogP contribution in [0.25, 0.3) is 0 Å². The van der Waals surface area contributed by atoms with Crippen molar-refractivity contribution in [3.8, 4) is 0 Å². The lowest BCUT2D eigenvalue weighted by Gasteiger charge is -2.37. The van der Waals surface area contributed by atoms with E-state index >= 15 is 0 Å². The van der Waals surface area contributed by atoms with Crippen LogP contribution >= 0.6 is 0 Å². The SMILES string of the molecule is COC(=O)[C@@H]1CCCN1C(c1cccc(N)n1)C(c1cccnc1)c1cccnc1. The summed E-state index contributed by atoms with van der Waals surface area (Å²) < 4.78 is 5.11. The standard InChI is InChI=1S/C23H25N5O2/c1-30-23(29)19-9-5-13-28(19)22(18-8-2-10-20(24)27-18)21(16-6-3-11-25-14-16)17-7-4-12-26-15-17/h2-4,6-8,10-12,14-15,19,21-22H,5,9,13H2,1H3,(H2,24,27)/t19-,22?/m0/s1. The number of aromatic nitrogens is 3. The summed E-state index contributed by atoms with van der Waals surface area (Å²) in [6.45, 7) is 0.762. The fraction of sp³-hybridized carbons (Fsp3) is 0.304. The second-order valence-electron chi connectivity index (χ2n) is 7.40. The van der Waals surface area contributed by atoms with Gasteiger partial charge < -0.3 is 10.5 Å². The summed E-state index contributed by atoms with van der Waals surface area (Å²) in [6.07, 6.45) is 8.89. The van der Waals surface area contributed by atoms with Gasteiger partial charge in [-0.2, -0.15) is 0 Å². The van der Waals surface area contributed by atoms with Gasteiger partial charge in [-0.1, -0.05) is 18.2 Å². The Bertz CT molecular complexity index is 944. The molecule has 3 aromatic heterocycles. The maximum atomic E-state index is 12.6. The Hall–Kier alpha value is -3.32. The van der Waals surface area contributed by atoms with Crippen LogP contribution in [0.15, 0.2) is 67.3 Å². The highest BCUT2D eigenvalue weighted by molar-refractivity contribution is 5.76. The quantitative estimate of drug-likeness (QED) is 0.632. The van der Waals surface area contributed by atoms with Gasteiger partial charge in [0, 0.05) is 30.7 Å². The molecule has 0 saturated carbocycles. The van der Waals surface area contributed by atoms with E-state index in [0.717, 1.165) is 36.2 Å². The molecule has 4 rings (SSSR count). The fourth-order valence-electron chi connectivity index (χ4n) is 4.35. The monoisotopic (exact) mass is 403 g/mol. The van der Waals surface area contributed by atoms with Crippen LogP contribution in [0.4, 0.5) is 5.82 Å². The van der Waals surface area contributed by atoms with Crippen LogP contribution in [0.5, 0.6) is 0 Å². The van der Waals surface area contributed by atoms with Gasteiger partial charge in [0.1, 0.15) is 11.9 Å². The molecule has 0 radical (unpaired) electrons. The van der Waals surface area contributed by atoms with Crippen molar-refractivity contribution in [3.05, 3.63) is 84.1 Å². The van der Waals surface area contributed by atoms with Crippen molar-refractivity contribution in [3.63, 3.8) is 0 Å². The van der Waals surface area contributed by atoms with Crippen molar-refractivity contribution in [2.45, 2.75) is 30.8 Å². The van der Waals surface area contributed by atoms with Crippen LogP contribution in [0.3, 0.4) is 0 Å². The summed E-state index contributed by atoms with van der Waals surface area (Å²) in [5.74, 6) is 0.0897. The van der Waals surface area contributed by atoms with E-state index in [1.54, 1.807) is 18.5 Å². The third kappa shape index (κ3) is 4.02. The Morgan fingerprint density at radius 2 is 1.80 bits per heavy atom. The van der Waals surface area contributed by atoms with Crippen LogP contribution in [0.2, 0.25) is 0 Å². The minimum Gasteiger partial charge on any atom is -0.468 e. The normalized spacial score (nSPS) is 17.7. The van der Waals surface area contributed by atoms with E-state index in [1.807, 2.05) is 48.8 Å².